The molecule has 0 radical (unpaired) electrons. The standard InChI is InChI=1S/C20H25ClN2O5S/c1-20(2,3)23-29(25,26)18-12-14(8-9-17(18)21)19(24)22-10-11-28-16-7-5-6-15(13-16)27-4/h5-9,12-13,23H,10-11H2,1-4H3,(H,22,24). The molecule has 0 aliphatic heterocycles. The number of amides is 1. The van der Waals surface area contributed by atoms with E-state index in [-0.39, 0.29) is 28.6 Å². The van der Waals surface area contributed by atoms with Crippen LogP contribution in [0.1, 0.15) is 31.1 Å². The number of hydrogen-bond donors (Lipinski definition) is 2. The van der Waals surface area contributed by atoms with Crippen molar-refractivity contribution in [2.24, 2.45) is 0 Å². The number of benzene rings is 2. The highest BCUT2D eigenvalue weighted by Gasteiger charge is 2.25. The Morgan fingerprint density at radius 1 is 1.10 bits per heavy atom. The number of hydrogen-bond acceptors (Lipinski definition) is 5. The van der Waals surface area contributed by atoms with E-state index in [1.54, 1.807) is 52.1 Å². The molecule has 1 amide bonds. The SMILES string of the molecule is COc1cccc(OCCNC(=O)c2ccc(Cl)c(S(=O)(=O)NC(C)(C)C)c2)c1. The summed E-state index contributed by atoms with van der Waals surface area (Å²) in [5.74, 6) is 0.861. The summed E-state index contributed by atoms with van der Waals surface area (Å²) in [7, 11) is -2.30. The zero-order valence-corrected chi connectivity index (χ0v) is 18.4. The molecule has 0 saturated carbocycles. The molecule has 0 bridgehead atoms. The fourth-order valence-electron chi connectivity index (χ4n) is 2.44. The molecule has 0 aliphatic carbocycles. The van der Waals surface area contributed by atoms with Gasteiger partial charge < -0.3 is 14.8 Å². The van der Waals surface area contributed by atoms with E-state index in [4.69, 9.17) is 21.1 Å². The van der Waals surface area contributed by atoms with Gasteiger partial charge in [-0.25, -0.2) is 13.1 Å². The van der Waals surface area contributed by atoms with E-state index in [0.717, 1.165) is 0 Å². The Balaban J connectivity index is 2.00. The van der Waals surface area contributed by atoms with Crippen LogP contribution in [0.3, 0.4) is 0 Å². The van der Waals surface area contributed by atoms with Crippen molar-refractivity contribution in [3.63, 3.8) is 0 Å². The van der Waals surface area contributed by atoms with Crippen LogP contribution < -0.4 is 19.5 Å². The predicted molar refractivity (Wildman–Crippen MR) is 112 cm³/mol. The molecule has 2 rings (SSSR count). The fraction of sp³-hybridized carbons (Fsp3) is 0.350. The molecule has 158 valence electrons. The topological polar surface area (TPSA) is 93.7 Å². The van der Waals surface area contributed by atoms with E-state index < -0.39 is 21.5 Å². The normalized spacial score (nSPS) is 11.8. The van der Waals surface area contributed by atoms with Crippen LogP contribution in [0.5, 0.6) is 11.5 Å². The summed E-state index contributed by atoms with van der Waals surface area (Å²) < 4.78 is 38.3. The number of rotatable bonds is 8. The van der Waals surface area contributed by atoms with Crippen molar-refractivity contribution in [3.8, 4) is 11.5 Å². The molecule has 0 spiro atoms. The van der Waals surface area contributed by atoms with E-state index in [2.05, 4.69) is 10.0 Å². The molecule has 29 heavy (non-hydrogen) atoms. The number of carbonyl (C=O) groups is 1. The molecule has 0 saturated heterocycles. The molecule has 0 fully saturated rings. The Kier molecular flexibility index (Phi) is 7.51. The Bertz CT molecular complexity index is 971. The second kappa shape index (κ2) is 9.47. The van der Waals surface area contributed by atoms with Crippen LogP contribution in [0.4, 0.5) is 0 Å². The van der Waals surface area contributed by atoms with Crippen molar-refractivity contribution >= 4 is 27.5 Å². The molecule has 9 heteroatoms. The first-order chi connectivity index (χ1) is 13.5. The smallest absolute Gasteiger partial charge is 0.251 e. The zero-order chi connectivity index (χ0) is 21.7. The summed E-state index contributed by atoms with van der Waals surface area (Å²) in [5, 5.41) is 2.73. The van der Waals surface area contributed by atoms with Crippen molar-refractivity contribution in [2.75, 3.05) is 20.3 Å². The lowest BCUT2D eigenvalue weighted by Crippen LogP contribution is -2.40. The highest BCUT2D eigenvalue weighted by atomic mass is 35.5. The second-order valence-corrected chi connectivity index (χ2v) is 9.34. The number of methoxy groups -OCH3 is 1. The van der Waals surface area contributed by atoms with Gasteiger partial charge >= 0.3 is 0 Å². The van der Waals surface area contributed by atoms with E-state index >= 15 is 0 Å². The van der Waals surface area contributed by atoms with Crippen molar-refractivity contribution < 1.29 is 22.7 Å². The number of nitrogens with one attached hydrogen (secondary N) is 2. The quantitative estimate of drug-likeness (QED) is 0.614. The maximum Gasteiger partial charge on any atom is 0.251 e. The first-order valence-electron chi connectivity index (χ1n) is 8.90. The van der Waals surface area contributed by atoms with Crippen LogP contribution in [0, 0.1) is 0 Å². The van der Waals surface area contributed by atoms with Gasteiger partial charge in [-0.3, -0.25) is 4.79 Å². The van der Waals surface area contributed by atoms with E-state index in [1.165, 1.54) is 18.2 Å². The van der Waals surface area contributed by atoms with Crippen LogP contribution >= 0.6 is 11.6 Å². The van der Waals surface area contributed by atoms with Crippen molar-refractivity contribution in [2.45, 2.75) is 31.2 Å². The van der Waals surface area contributed by atoms with E-state index in [9.17, 15) is 13.2 Å². The fourth-order valence-corrected chi connectivity index (χ4v) is 4.38. The molecule has 0 aliphatic rings. The maximum atomic E-state index is 12.6. The molecule has 0 unspecified atom stereocenters. The van der Waals surface area contributed by atoms with Gasteiger partial charge in [0.2, 0.25) is 10.0 Å². The van der Waals surface area contributed by atoms with Gasteiger partial charge in [0.05, 0.1) is 18.7 Å². The van der Waals surface area contributed by atoms with Gasteiger partial charge in [-0.05, 0) is 51.1 Å². The minimum Gasteiger partial charge on any atom is -0.497 e. The Labute approximate surface area is 176 Å². The van der Waals surface area contributed by atoms with Gasteiger partial charge in [0.25, 0.3) is 5.91 Å². The molecule has 0 heterocycles. The number of carbonyl (C=O) groups excluding carboxylic acids is 1. The second-order valence-electron chi connectivity index (χ2n) is 7.28. The molecule has 2 aromatic rings. The van der Waals surface area contributed by atoms with Gasteiger partial charge in [0.15, 0.2) is 0 Å². The van der Waals surface area contributed by atoms with Crippen molar-refractivity contribution in [1.29, 1.82) is 0 Å². The van der Waals surface area contributed by atoms with Crippen LogP contribution in [-0.2, 0) is 10.0 Å². The molecule has 0 atom stereocenters. The average Bonchev–Trinajstić information content (AvgIpc) is 2.63. The molecule has 0 aromatic heterocycles. The molecular weight excluding hydrogens is 416 g/mol. The summed E-state index contributed by atoms with van der Waals surface area (Å²) in [6, 6.07) is 11.2. The third kappa shape index (κ3) is 6.92. The van der Waals surface area contributed by atoms with Gasteiger partial charge in [-0.15, -0.1) is 0 Å². The average molecular weight is 441 g/mol. The minimum absolute atomic E-state index is 0.0414. The molecule has 7 nitrogen and oxygen atoms in total. The van der Waals surface area contributed by atoms with Gasteiger partial charge in [-0.2, -0.15) is 0 Å². The van der Waals surface area contributed by atoms with Crippen LogP contribution in [0.15, 0.2) is 47.4 Å². The Morgan fingerprint density at radius 2 is 1.79 bits per heavy atom. The highest BCUT2D eigenvalue weighted by Crippen LogP contribution is 2.24. The Morgan fingerprint density at radius 3 is 2.45 bits per heavy atom. The minimum atomic E-state index is -3.87. The lowest BCUT2D eigenvalue weighted by molar-refractivity contribution is 0.0946. The predicted octanol–water partition coefficient (Wildman–Crippen LogP) is 3.23. The van der Waals surface area contributed by atoms with E-state index in [0.29, 0.717) is 11.5 Å². The third-order valence-electron chi connectivity index (χ3n) is 3.62. The first-order valence-corrected chi connectivity index (χ1v) is 10.8. The van der Waals surface area contributed by atoms with Gasteiger partial charge in [0, 0.05) is 17.2 Å². The summed E-state index contributed by atoms with van der Waals surface area (Å²) in [6.07, 6.45) is 0. The lowest BCUT2D eigenvalue weighted by atomic mass is 10.1. The van der Waals surface area contributed by atoms with Crippen LogP contribution in [0.2, 0.25) is 5.02 Å². The molecule has 2 aromatic carbocycles. The summed E-state index contributed by atoms with van der Waals surface area (Å²) in [5.41, 5.74) is -0.497. The number of ether oxygens (including phenoxy) is 2. The summed E-state index contributed by atoms with van der Waals surface area (Å²) in [6.45, 7) is 5.64. The van der Waals surface area contributed by atoms with Crippen LogP contribution in [-0.4, -0.2) is 40.1 Å². The van der Waals surface area contributed by atoms with Gasteiger partial charge in [-0.1, -0.05) is 17.7 Å². The van der Waals surface area contributed by atoms with Crippen molar-refractivity contribution in [3.05, 3.63) is 53.1 Å². The lowest BCUT2D eigenvalue weighted by Gasteiger charge is -2.21. The summed E-state index contributed by atoms with van der Waals surface area (Å²) >= 11 is 6.05. The Hall–Kier alpha value is -2.29. The first kappa shape index (κ1) is 23.0. The van der Waals surface area contributed by atoms with Crippen molar-refractivity contribution in [1.82, 2.24) is 10.0 Å². The zero-order valence-electron chi connectivity index (χ0n) is 16.8. The third-order valence-corrected chi connectivity index (χ3v) is 5.86. The monoisotopic (exact) mass is 440 g/mol. The highest BCUT2D eigenvalue weighted by molar-refractivity contribution is 7.89. The van der Waals surface area contributed by atoms with Gasteiger partial charge in [0.1, 0.15) is 23.0 Å². The van der Waals surface area contributed by atoms with E-state index in [1.807, 2.05) is 0 Å². The maximum absolute atomic E-state index is 12.6. The number of halogens is 1. The molecular formula is C20H25ClN2O5S. The largest absolute Gasteiger partial charge is 0.497 e. The summed E-state index contributed by atoms with van der Waals surface area (Å²) in [4.78, 5) is 12.2. The molecule has 2 N–H and O–H groups in total. The van der Waals surface area contributed by atoms with Crippen LogP contribution in [0.25, 0.3) is 0 Å². The number of sulfonamides is 1.